The molecule has 0 aromatic heterocycles. The van der Waals surface area contributed by atoms with Crippen molar-refractivity contribution in [1.82, 2.24) is 0 Å². The summed E-state index contributed by atoms with van der Waals surface area (Å²) in [5.41, 5.74) is 5.86. The maximum Gasteiger partial charge on any atom is 0.323 e. The summed E-state index contributed by atoms with van der Waals surface area (Å²) in [5.74, 6) is -0.173. The van der Waals surface area contributed by atoms with Gasteiger partial charge in [-0.2, -0.15) is 0 Å². The number of halogens is 2. The van der Waals surface area contributed by atoms with E-state index < -0.39 is 18.1 Å². The quantitative estimate of drug-likeness (QED) is 0.652. The van der Waals surface area contributed by atoms with E-state index in [4.69, 9.17) is 15.2 Å². The van der Waals surface area contributed by atoms with Crippen LogP contribution in [0.1, 0.15) is 47.5 Å². The smallest absolute Gasteiger partial charge is 0.323 e. The monoisotopic (exact) mass is 375 g/mol. The zero-order chi connectivity index (χ0) is 18.3. The van der Waals surface area contributed by atoms with Gasteiger partial charge in [-0.25, -0.2) is 4.39 Å². The Morgan fingerprint density at radius 2 is 1.80 bits per heavy atom. The first kappa shape index (κ1) is 23.7. The van der Waals surface area contributed by atoms with Gasteiger partial charge in [-0.3, -0.25) is 4.79 Å². The summed E-state index contributed by atoms with van der Waals surface area (Å²) in [4.78, 5) is 12.1. The van der Waals surface area contributed by atoms with Crippen molar-refractivity contribution in [1.29, 1.82) is 0 Å². The number of carbonyl (C=O) groups excluding carboxylic acids is 1. The molecule has 0 saturated carbocycles. The summed E-state index contributed by atoms with van der Waals surface area (Å²) in [6, 6.07) is 5.34. The number of ether oxygens (including phenoxy) is 2. The van der Waals surface area contributed by atoms with E-state index >= 15 is 0 Å². The van der Waals surface area contributed by atoms with Crippen LogP contribution in [0.4, 0.5) is 4.39 Å². The lowest BCUT2D eigenvalue weighted by Gasteiger charge is -2.32. The highest BCUT2D eigenvalue weighted by Gasteiger charge is 2.31. The molecule has 2 N–H and O–H groups in total. The highest BCUT2D eigenvalue weighted by molar-refractivity contribution is 5.85. The lowest BCUT2D eigenvalue weighted by atomic mass is 9.93. The molecule has 0 aliphatic rings. The molecule has 3 atom stereocenters. The molecule has 25 heavy (non-hydrogen) atoms. The Balaban J connectivity index is 0.00000576. The molecule has 144 valence electrons. The average molecular weight is 376 g/mol. The van der Waals surface area contributed by atoms with Crippen LogP contribution in [-0.2, 0) is 9.53 Å². The van der Waals surface area contributed by atoms with Crippen molar-refractivity contribution in [2.45, 2.75) is 65.7 Å². The number of hydrogen-bond donors (Lipinski definition) is 1. The molecule has 1 rings (SSSR count). The van der Waals surface area contributed by atoms with Gasteiger partial charge in [-0.1, -0.05) is 33.8 Å². The summed E-state index contributed by atoms with van der Waals surface area (Å²) in [5, 5.41) is 0. The topological polar surface area (TPSA) is 61.5 Å². The Kier molecular flexibility index (Phi) is 10.7. The van der Waals surface area contributed by atoms with Crippen LogP contribution in [0.5, 0.6) is 5.75 Å². The van der Waals surface area contributed by atoms with Gasteiger partial charge in [0.2, 0.25) is 0 Å². The fourth-order valence-corrected chi connectivity index (χ4v) is 2.63. The number of carbonyl (C=O) groups is 1. The van der Waals surface area contributed by atoms with E-state index in [-0.39, 0.29) is 36.2 Å². The molecule has 0 amide bonds. The predicted molar refractivity (Wildman–Crippen MR) is 101 cm³/mol. The molecule has 0 bridgehead atoms. The van der Waals surface area contributed by atoms with E-state index in [1.54, 1.807) is 19.1 Å². The summed E-state index contributed by atoms with van der Waals surface area (Å²) in [6.07, 6.45) is 0.907. The van der Waals surface area contributed by atoms with Crippen molar-refractivity contribution in [3.8, 4) is 5.75 Å². The number of rotatable bonds is 9. The van der Waals surface area contributed by atoms with Crippen molar-refractivity contribution in [2.75, 3.05) is 0 Å². The molecule has 0 aliphatic carbocycles. The van der Waals surface area contributed by atoms with E-state index in [2.05, 4.69) is 13.8 Å². The van der Waals surface area contributed by atoms with Crippen molar-refractivity contribution in [2.24, 2.45) is 17.6 Å². The maximum absolute atomic E-state index is 13.4. The second-order valence-electron chi connectivity index (χ2n) is 6.53. The van der Waals surface area contributed by atoms with Crippen molar-refractivity contribution < 1.29 is 18.7 Å². The van der Waals surface area contributed by atoms with Crippen LogP contribution < -0.4 is 10.5 Å². The normalized spacial score (nSPS) is 14.6. The van der Waals surface area contributed by atoms with Crippen LogP contribution in [0.3, 0.4) is 0 Å². The zero-order valence-electron chi connectivity index (χ0n) is 15.7. The number of nitrogens with two attached hydrogens (primary N) is 1. The number of benzene rings is 1. The maximum atomic E-state index is 13.4. The van der Waals surface area contributed by atoms with Gasteiger partial charge in [-0.05, 0) is 43.7 Å². The minimum absolute atomic E-state index is 0. The summed E-state index contributed by atoms with van der Waals surface area (Å²) >= 11 is 0. The van der Waals surface area contributed by atoms with Crippen LogP contribution >= 0.6 is 12.4 Å². The second-order valence-corrected chi connectivity index (χ2v) is 6.53. The SMILES string of the molecule is CCC(CC)[C@@H](Oc1cccc(F)c1)[C@H](C)OC(=O)[C@@H](N)C(C)C.Cl. The molecule has 0 unspecified atom stereocenters. The Morgan fingerprint density at radius 3 is 2.28 bits per heavy atom. The van der Waals surface area contributed by atoms with Crippen LogP contribution in [0.2, 0.25) is 0 Å². The summed E-state index contributed by atoms with van der Waals surface area (Å²) in [6.45, 7) is 9.67. The molecule has 6 heteroatoms. The van der Waals surface area contributed by atoms with Gasteiger partial charge in [0.25, 0.3) is 0 Å². The average Bonchev–Trinajstić information content (AvgIpc) is 2.54. The third-order valence-corrected chi connectivity index (χ3v) is 4.34. The molecule has 0 spiro atoms. The second kappa shape index (κ2) is 11.3. The predicted octanol–water partition coefficient (Wildman–Crippen LogP) is 4.35. The van der Waals surface area contributed by atoms with Crippen molar-refractivity contribution >= 4 is 18.4 Å². The molecular weight excluding hydrogens is 345 g/mol. The number of hydrogen-bond acceptors (Lipinski definition) is 4. The lowest BCUT2D eigenvalue weighted by molar-refractivity contribution is -0.157. The summed E-state index contributed by atoms with van der Waals surface area (Å²) in [7, 11) is 0. The molecule has 0 radical (unpaired) electrons. The van der Waals surface area contributed by atoms with Gasteiger partial charge < -0.3 is 15.2 Å². The Labute approximate surface area is 156 Å². The van der Waals surface area contributed by atoms with E-state index in [9.17, 15) is 9.18 Å². The van der Waals surface area contributed by atoms with Gasteiger partial charge in [-0.15, -0.1) is 12.4 Å². The molecule has 0 fully saturated rings. The molecule has 1 aromatic carbocycles. The summed E-state index contributed by atoms with van der Waals surface area (Å²) < 4.78 is 24.9. The van der Waals surface area contributed by atoms with Crippen LogP contribution in [0.15, 0.2) is 24.3 Å². The zero-order valence-corrected chi connectivity index (χ0v) is 16.5. The van der Waals surface area contributed by atoms with E-state index in [0.29, 0.717) is 5.75 Å². The molecule has 0 heterocycles. The van der Waals surface area contributed by atoms with Gasteiger partial charge in [0, 0.05) is 6.07 Å². The molecular formula is C19H31ClFNO3. The Bertz CT molecular complexity index is 523. The Hall–Kier alpha value is -1.33. The van der Waals surface area contributed by atoms with Gasteiger partial charge in [0.15, 0.2) is 0 Å². The highest BCUT2D eigenvalue weighted by atomic mass is 35.5. The highest BCUT2D eigenvalue weighted by Crippen LogP contribution is 2.25. The minimum atomic E-state index is -0.663. The van der Waals surface area contributed by atoms with Crippen LogP contribution in [0, 0.1) is 17.7 Å². The first-order valence-electron chi connectivity index (χ1n) is 8.68. The molecule has 0 aliphatic heterocycles. The molecule has 0 saturated heterocycles. The first-order valence-corrected chi connectivity index (χ1v) is 8.68. The van der Waals surface area contributed by atoms with Crippen molar-refractivity contribution in [3.05, 3.63) is 30.1 Å². The van der Waals surface area contributed by atoms with Crippen LogP contribution in [0.25, 0.3) is 0 Å². The molecule has 4 nitrogen and oxygen atoms in total. The fraction of sp³-hybridized carbons (Fsp3) is 0.632. The van der Waals surface area contributed by atoms with Gasteiger partial charge in [0.05, 0.1) is 0 Å². The van der Waals surface area contributed by atoms with Crippen molar-refractivity contribution in [3.63, 3.8) is 0 Å². The third-order valence-electron chi connectivity index (χ3n) is 4.34. The fourth-order valence-electron chi connectivity index (χ4n) is 2.63. The Morgan fingerprint density at radius 1 is 1.20 bits per heavy atom. The third kappa shape index (κ3) is 7.20. The van der Waals surface area contributed by atoms with E-state index in [0.717, 1.165) is 12.8 Å². The van der Waals surface area contributed by atoms with E-state index in [1.807, 2.05) is 13.8 Å². The van der Waals surface area contributed by atoms with Gasteiger partial charge in [0.1, 0.15) is 29.8 Å². The largest absolute Gasteiger partial charge is 0.486 e. The number of esters is 1. The first-order chi connectivity index (χ1) is 11.3. The standard InChI is InChI=1S/C19H30FNO3.ClH/c1-6-14(7-2)18(24-16-10-8-9-15(20)11-16)13(5)23-19(22)17(21)12(3)4;/h8-14,17-18H,6-7,21H2,1-5H3;1H/t13-,17-,18-;/m0./s1. The van der Waals surface area contributed by atoms with Gasteiger partial charge >= 0.3 is 5.97 Å². The van der Waals surface area contributed by atoms with Crippen LogP contribution in [-0.4, -0.2) is 24.2 Å². The van der Waals surface area contributed by atoms with E-state index in [1.165, 1.54) is 12.1 Å². The minimum Gasteiger partial charge on any atom is -0.486 e. The lowest BCUT2D eigenvalue weighted by Crippen LogP contribution is -2.44. The molecule has 1 aromatic rings.